The lowest BCUT2D eigenvalue weighted by Gasteiger charge is -2.47. The van der Waals surface area contributed by atoms with Gasteiger partial charge in [-0.25, -0.2) is 0 Å². The van der Waals surface area contributed by atoms with E-state index in [0.717, 1.165) is 11.4 Å². The van der Waals surface area contributed by atoms with Crippen molar-refractivity contribution in [3.63, 3.8) is 0 Å². The first-order valence-electron chi connectivity index (χ1n) is 13.1. The van der Waals surface area contributed by atoms with Crippen LogP contribution in [-0.4, -0.2) is 45.9 Å². The molecule has 2 aromatic carbocycles. The minimum Gasteiger partial charge on any atom is -0.290 e. The number of pyridine rings is 2. The smallest absolute Gasteiger partial charge is 0.0776 e. The summed E-state index contributed by atoms with van der Waals surface area (Å²) in [4.78, 5) is 14.8. The fraction of sp³-hybridized carbons (Fsp3) is 0.312. The van der Waals surface area contributed by atoms with E-state index in [1.165, 1.54) is 36.8 Å². The maximum Gasteiger partial charge on any atom is 0.0776 e. The molecule has 0 radical (unpaired) electrons. The van der Waals surface area contributed by atoms with Gasteiger partial charge >= 0.3 is 0 Å². The van der Waals surface area contributed by atoms with Crippen LogP contribution in [0.3, 0.4) is 0 Å². The predicted octanol–water partition coefficient (Wildman–Crippen LogP) is 6.53. The summed E-state index contributed by atoms with van der Waals surface area (Å²) in [5, 5.41) is 0. The third kappa shape index (κ3) is 5.25. The molecule has 5 rings (SSSR count). The van der Waals surface area contributed by atoms with Crippen molar-refractivity contribution in [3.05, 3.63) is 132 Å². The Labute approximate surface area is 215 Å². The zero-order valence-electron chi connectivity index (χ0n) is 21.3. The molecular weight excluding hydrogens is 440 g/mol. The van der Waals surface area contributed by atoms with Crippen molar-refractivity contribution in [2.24, 2.45) is 0 Å². The summed E-state index contributed by atoms with van der Waals surface area (Å²) in [6, 6.07) is 35.2. The molecule has 1 aliphatic rings. The lowest BCUT2D eigenvalue weighted by molar-refractivity contribution is 0.0449. The molecule has 4 heteroatoms. The van der Waals surface area contributed by atoms with Crippen LogP contribution in [0, 0.1) is 0 Å². The lowest BCUT2D eigenvalue weighted by atomic mass is 9.85. The summed E-state index contributed by atoms with van der Waals surface area (Å²) in [6.07, 6.45) is 8.67. The molecule has 184 valence electrons. The number of nitrogens with zero attached hydrogens (tertiary/aromatic N) is 4. The van der Waals surface area contributed by atoms with Crippen LogP contribution >= 0.6 is 0 Å². The van der Waals surface area contributed by atoms with E-state index in [0.29, 0.717) is 12.1 Å². The molecule has 1 fully saturated rings. The molecule has 0 amide bonds. The van der Waals surface area contributed by atoms with E-state index >= 15 is 0 Å². The number of benzene rings is 2. The fourth-order valence-corrected chi connectivity index (χ4v) is 6.00. The van der Waals surface area contributed by atoms with Gasteiger partial charge in [-0.3, -0.25) is 19.8 Å². The van der Waals surface area contributed by atoms with Gasteiger partial charge in [-0.2, -0.15) is 0 Å². The van der Waals surface area contributed by atoms with Crippen LogP contribution < -0.4 is 0 Å². The summed E-state index contributed by atoms with van der Waals surface area (Å²) in [5.41, 5.74) is 4.77. The van der Waals surface area contributed by atoms with Gasteiger partial charge < -0.3 is 0 Å². The molecular formula is C32H36N4. The molecule has 0 spiro atoms. The van der Waals surface area contributed by atoms with Crippen LogP contribution in [-0.2, 0) is 0 Å². The minimum absolute atomic E-state index is 0.108. The number of rotatable bonds is 8. The predicted molar refractivity (Wildman–Crippen MR) is 147 cm³/mol. The zero-order valence-corrected chi connectivity index (χ0v) is 21.3. The van der Waals surface area contributed by atoms with E-state index in [1.54, 1.807) is 0 Å². The van der Waals surface area contributed by atoms with Crippen molar-refractivity contribution in [2.75, 3.05) is 14.1 Å². The molecule has 1 aliphatic carbocycles. The maximum atomic E-state index is 4.81. The molecule has 4 aromatic rings. The monoisotopic (exact) mass is 476 g/mol. The number of hydrogen-bond acceptors (Lipinski definition) is 4. The Morgan fingerprint density at radius 2 is 0.944 bits per heavy atom. The number of likely N-dealkylation sites (N-methyl/N-ethyl adjacent to an activating group) is 2. The van der Waals surface area contributed by atoms with Crippen LogP contribution in [0.4, 0.5) is 0 Å². The second-order valence-electron chi connectivity index (χ2n) is 9.89. The molecule has 1 saturated carbocycles. The summed E-state index contributed by atoms with van der Waals surface area (Å²) in [7, 11) is 4.59. The van der Waals surface area contributed by atoms with Crippen LogP contribution in [0.25, 0.3) is 0 Å². The molecule has 0 saturated heterocycles. The van der Waals surface area contributed by atoms with Crippen molar-refractivity contribution in [2.45, 2.75) is 49.9 Å². The van der Waals surface area contributed by atoms with Crippen LogP contribution in [0.1, 0.15) is 60.3 Å². The third-order valence-corrected chi connectivity index (χ3v) is 7.72. The Morgan fingerprint density at radius 1 is 0.556 bits per heavy atom. The summed E-state index contributed by atoms with van der Waals surface area (Å²) >= 11 is 0. The fourth-order valence-electron chi connectivity index (χ4n) is 6.00. The average Bonchev–Trinajstić information content (AvgIpc) is 2.95. The minimum atomic E-state index is 0.108. The summed E-state index contributed by atoms with van der Waals surface area (Å²) in [6.45, 7) is 0. The Morgan fingerprint density at radius 3 is 1.31 bits per heavy atom. The highest BCUT2D eigenvalue weighted by Crippen LogP contribution is 2.38. The van der Waals surface area contributed by atoms with E-state index < -0.39 is 0 Å². The highest BCUT2D eigenvalue weighted by Gasteiger charge is 2.38. The second kappa shape index (κ2) is 11.6. The Bertz CT molecular complexity index is 1010. The first-order chi connectivity index (χ1) is 17.7. The van der Waals surface area contributed by atoms with Gasteiger partial charge in [0.25, 0.3) is 0 Å². The van der Waals surface area contributed by atoms with E-state index in [-0.39, 0.29) is 12.1 Å². The van der Waals surface area contributed by atoms with E-state index in [9.17, 15) is 0 Å². The molecule has 0 bridgehead atoms. The van der Waals surface area contributed by atoms with Crippen molar-refractivity contribution >= 4 is 0 Å². The van der Waals surface area contributed by atoms with Gasteiger partial charge in [-0.15, -0.1) is 0 Å². The molecule has 4 nitrogen and oxygen atoms in total. The van der Waals surface area contributed by atoms with Crippen molar-refractivity contribution in [1.29, 1.82) is 0 Å². The van der Waals surface area contributed by atoms with Gasteiger partial charge in [0.2, 0.25) is 0 Å². The Hall–Kier alpha value is -3.34. The van der Waals surface area contributed by atoms with Gasteiger partial charge in [0.15, 0.2) is 0 Å². The lowest BCUT2D eigenvalue weighted by Crippen LogP contribution is -2.53. The van der Waals surface area contributed by atoms with Crippen molar-refractivity contribution in [1.82, 2.24) is 19.8 Å². The van der Waals surface area contributed by atoms with Crippen LogP contribution in [0.5, 0.6) is 0 Å². The molecule has 4 atom stereocenters. The first kappa shape index (κ1) is 24.4. The molecule has 2 heterocycles. The third-order valence-electron chi connectivity index (χ3n) is 7.72. The Kier molecular flexibility index (Phi) is 7.85. The molecule has 2 aromatic heterocycles. The normalized spacial score (nSPS) is 19.8. The first-order valence-corrected chi connectivity index (χ1v) is 13.1. The SMILES string of the molecule is CN(C(c1ccccc1)c1ccccn1)C1CCCCC1N(C)C(c1ccccc1)c1ccccn1. The van der Waals surface area contributed by atoms with Crippen molar-refractivity contribution < 1.29 is 0 Å². The number of aromatic nitrogens is 2. The maximum absolute atomic E-state index is 4.81. The summed E-state index contributed by atoms with van der Waals surface area (Å²) in [5.74, 6) is 0. The summed E-state index contributed by atoms with van der Waals surface area (Å²) < 4.78 is 0. The van der Waals surface area contributed by atoms with Crippen LogP contribution in [0.2, 0.25) is 0 Å². The average molecular weight is 477 g/mol. The van der Waals surface area contributed by atoms with E-state index in [4.69, 9.17) is 9.97 Å². The standard InChI is InChI=1S/C32H36N4/c1-35(31(25-15-5-3-6-16-25)27-19-11-13-23-33-27)29-21-9-10-22-30(29)36(2)32(26-17-7-4-8-18-26)28-20-12-14-24-34-28/h3-8,11-20,23-24,29-32H,9-10,21-22H2,1-2H3. The van der Waals surface area contributed by atoms with E-state index in [2.05, 4.69) is 109 Å². The Balaban J connectivity index is 1.51. The topological polar surface area (TPSA) is 32.3 Å². The van der Waals surface area contributed by atoms with Gasteiger partial charge in [-0.05, 0) is 62.3 Å². The molecule has 0 N–H and O–H groups in total. The van der Waals surface area contributed by atoms with Crippen molar-refractivity contribution in [3.8, 4) is 0 Å². The van der Waals surface area contributed by atoms with Gasteiger partial charge in [0, 0.05) is 24.5 Å². The quantitative estimate of drug-likeness (QED) is 0.289. The molecule has 36 heavy (non-hydrogen) atoms. The largest absolute Gasteiger partial charge is 0.290 e. The molecule has 0 aliphatic heterocycles. The zero-order chi connectivity index (χ0) is 24.7. The van der Waals surface area contributed by atoms with Gasteiger partial charge in [0.1, 0.15) is 0 Å². The highest BCUT2D eigenvalue weighted by molar-refractivity contribution is 5.30. The van der Waals surface area contributed by atoms with Gasteiger partial charge in [-0.1, -0.05) is 85.6 Å². The number of hydrogen-bond donors (Lipinski definition) is 0. The van der Waals surface area contributed by atoms with E-state index in [1.807, 2.05) is 24.5 Å². The second-order valence-corrected chi connectivity index (χ2v) is 9.89. The molecule has 4 unspecified atom stereocenters. The van der Waals surface area contributed by atoms with Gasteiger partial charge in [0.05, 0.1) is 23.5 Å². The highest BCUT2D eigenvalue weighted by atomic mass is 15.3. The van der Waals surface area contributed by atoms with Crippen LogP contribution in [0.15, 0.2) is 109 Å².